The highest BCUT2D eigenvalue weighted by Crippen LogP contribution is 2.38. The first-order valence-corrected chi connectivity index (χ1v) is 5.20. The third kappa shape index (κ3) is 3.35. The second-order valence-electron chi connectivity index (χ2n) is 4.21. The molecule has 0 amide bonds. The van der Waals surface area contributed by atoms with Crippen LogP contribution in [-0.2, 0) is 0 Å². The summed E-state index contributed by atoms with van der Waals surface area (Å²) in [4.78, 5) is 0. The lowest BCUT2D eigenvalue weighted by Gasteiger charge is -2.08. The molecule has 0 radical (unpaired) electrons. The van der Waals surface area contributed by atoms with Gasteiger partial charge in [0.25, 0.3) is 0 Å². The van der Waals surface area contributed by atoms with E-state index in [0.717, 1.165) is 25.3 Å². The van der Waals surface area contributed by atoms with Crippen LogP contribution in [0.25, 0.3) is 0 Å². The van der Waals surface area contributed by atoms with Gasteiger partial charge in [-0.15, -0.1) is 0 Å². The predicted octanol–water partition coefficient (Wildman–Crippen LogP) is 3.03. The quantitative estimate of drug-likeness (QED) is 0.623. The monoisotopic (exact) mass is 179 g/mol. The molecule has 0 spiro atoms. The van der Waals surface area contributed by atoms with Crippen LogP contribution in [0.5, 0.6) is 0 Å². The van der Waals surface area contributed by atoms with Crippen LogP contribution in [0.3, 0.4) is 0 Å². The molecule has 1 aliphatic rings. The van der Waals surface area contributed by atoms with Crippen molar-refractivity contribution >= 4 is 0 Å². The molecule has 1 rings (SSSR count). The van der Waals surface area contributed by atoms with Gasteiger partial charge in [-0.05, 0) is 45.1 Å². The molecule has 13 heavy (non-hydrogen) atoms. The molecule has 0 aliphatic heterocycles. The zero-order valence-corrected chi connectivity index (χ0v) is 8.90. The summed E-state index contributed by atoms with van der Waals surface area (Å²) in [6.45, 7) is 9.32. The Morgan fingerprint density at radius 1 is 1.54 bits per heavy atom. The van der Waals surface area contributed by atoms with E-state index in [-0.39, 0.29) is 0 Å². The summed E-state index contributed by atoms with van der Waals surface area (Å²) in [6, 6.07) is 0. The second-order valence-corrected chi connectivity index (χ2v) is 4.21. The maximum Gasteiger partial charge on any atom is -0.00400 e. The van der Waals surface area contributed by atoms with Gasteiger partial charge in [0.15, 0.2) is 0 Å². The van der Waals surface area contributed by atoms with Crippen LogP contribution in [0.15, 0.2) is 23.3 Å². The van der Waals surface area contributed by atoms with Gasteiger partial charge >= 0.3 is 0 Å². The Morgan fingerprint density at radius 2 is 2.15 bits per heavy atom. The summed E-state index contributed by atoms with van der Waals surface area (Å²) in [5, 5.41) is 0. The first kappa shape index (κ1) is 10.5. The zero-order valence-electron chi connectivity index (χ0n) is 8.90. The molecule has 0 aromatic carbocycles. The first-order chi connectivity index (χ1) is 6.15. The lowest BCUT2D eigenvalue weighted by molar-refractivity contribution is 0.615. The van der Waals surface area contributed by atoms with Crippen molar-refractivity contribution in [2.45, 2.75) is 39.5 Å². The Bertz CT molecular complexity index is 225. The van der Waals surface area contributed by atoms with E-state index in [9.17, 15) is 0 Å². The highest BCUT2D eigenvalue weighted by atomic mass is 14.5. The Hall–Kier alpha value is -0.560. The summed E-state index contributed by atoms with van der Waals surface area (Å²) < 4.78 is 0. The van der Waals surface area contributed by atoms with Crippen molar-refractivity contribution < 1.29 is 0 Å². The number of allylic oxidation sites excluding steroid dienone is 2. The molecule has 1 atom stereocenters. The maximum atomic E-state index is 5.46. The molecule has 74 valence electrons. The first-order valence-electron chi connectivity index (χ1n) is 5.20. The molecule has 1 nitrogen and oxygen atoms in total. The van der Waals surface area contributed by atoms with Gasteiger partial charge in [0.2, 0.25) is 0 Å². The highest BCUT2D eigenvalue weighted by Gasteiger charge is 2.21. The predicted molar refractivity (Wildman–Crippen MR) is 58.5 cm³/mol. The van der Waals surface area contributed by atoms with Crippen LogP contribution in [0.2, 0.25) is 0 Å². The summed E-state index contributed by atoms with van der Waals surface area (Å²) in [5.41, 5.74) is 10.1. The molecule has 0 heterocycles. The molecule has 2 N–H and O–H groups in total. The number of hydrogen-bond acceptors (Lipinski definition) is 1. The van der Waals surface area contributed by atoms with Crippen LogP contribution >= 0.6 is 0 Å². The van der Waals surface area contributed by atoms with Crippen LogP contribution in [0.1, 0.15) is 39.5 Å². The minimum atomic E-state index is 0.745. The van der Waals surface area contributed by atoms with Crippen molar-refractivity contribution in [2.75, 3.05) is 6.54 Å². The Morgan fingerprint density at radius 3 is 2.62 bits per heavy atom. The average Bonchev–Trinajstić information content (AvgIpc) is 2.79. The van der Waals surface area contributed by atoms with Gasteiger partial charge in [0.05, 0.1) is 0 Å². The van der Waals surface area contributed by atoms with Crippen molar-refractivity contribution in [1.29, 1.82) is 0 Å². The van der Waals surface area contributed by atoms with Crippen LogP contribution < -0.4 is 5.73 Å². The molecule has 0 saturated carbocycles. The van der Waals surface area contributed by atoms with Gasteiger partial charge in [-0.3, -0.25) is 0 Å². The third-order valence-corrected chi connectivity index (χ3v) is 2.90. The summed E-state index contributed by atoms with van der Waals surface area (Å²) >= 11 is 0. The van der Waals surface area contributed by atoms with E-state index in [0.29, 0.717) is 0 Å². The van der Waals surface area contributed by atoms with Crippen molar-refractivity contribution in [2.24, 2.45) is 11.7 Å². The van der Waals surface area contributed by atoms with Crippen molar-refractivity contribution in [3.63, 3.8) is 0 Å². The smallest absolute Gasteiger partial charge is 0.00400 e. The maximum absolute atomic E-state index is 5.46. The normalized spacial score (nSPS) is 17.5. The molecule has 0 aromatic heterocycles. The van der Waals surface area contributed by atoms with E-state index in [1.54, 1.807) is 11.1 Å². The standard InChI is InChI=1S/C12H21N/c1-9(6-7-13)4-5-10(2)12-8-11(12)3/h10H,1,4-8,13H2,2-3H3. The van der Waals surface area contributed by atoms with E-state index in [4.69, 9.17) is 5.73 Å². The fourth-order valence-corrected chi connectivity index (χ4v) is 1.76. The summed E-state index contributed by atoms with van der Waals surface area (Å²) in [5.74, 6) is 0.773. The average molecular weight is 179 g/mol. The van der Waals surface area contributed by atoms with E-state index in [2.05, 4.69) is 20.4 Å². The molecule has 1 aliphatic carbocycles. The van der Waals surface area contributed by atoms with Gasteiger partial charge in [-0.25, -0.2) is 0 Å². The molecule has 0 aromatic rings. The number of rotatable bonds is 6. The number of nitrogens with two attached hydrogens (primary N) is 1. The van der Waals surface area contributed by atoms with Crippen molar-refractivity contribution in [3.05, 3.63) is 23.3 Å². The van der Waals surface area contributed by atoms with Crippen LogP contribution in [0.4, 0.5) is 0 Å². The van der Waals surface area contributed by atoms with Gasteiger partial charge < -0.3 is 5.73 Å². The summed E-state index contributed by atoms with van der Waals surface area (Å²) in [7, 11) is 0. The Balaban J connectivity index is 2.15. The van der Waals surface area contributed by atoms with Gasteiger partial charge in [-0.1, -0.05) is 30.2 Å². The fourth-order valence-electron chi connectivity index (χ4n) is 1.76. The minimum absolute atomic E-state index is 0.745. The molecule has 1 unspecified atom stereocenters. The topological polar surface area (TPSA) is 26.0 Å². The molecule has 0 bridgehead atoms. The van der Waals surface area contributed by atoms with E-state index >= 15 is 0 Å². The third-order valence-electron chi connectivity index (χ3n) is 2.90. The number of hydrogen-bond donors (Lipinski definition) is 1. The van der Waals surface area contributed by atoms with E-state index in [1.807, 2.05) is 0 Å². The molecular weight excluding hydrogens is 158 g/mol. The molecule has 0 fully saturated rings. The fraction of sp³-hybridized carbons (Fsp3) is 0.667. The van der Waals surface area contributed by atoms with E-state index < -0.39 is 0 Å². The van der Waals surface area contributed by atoms with Gasteiger partial charge in [-0.2, -0.15) is 0 Å². The second kappa shape index (κ2) is 4.61. The van der Waals surface area contributed by atoms with Gasteiger partial charge in [0, 0.05) is 0 Å². The largest absolute Gasteiger partial charge is 0.330 e. The molecule has 1 heteroatoms. The summed E-state index contributed by atoms with van der Waals surface area (Å²) in [6.07, 6.45) is 4.68. The van der Waals surface area contributed by atoms with Crippen molar-refractivity contribution in [1.82, 2.24) is 0 Å². The molecular formula is C12H21N. The highest BCUT2D eigenvalue weighted by molar-refractivity contribution is 5.34. The Labute approximate surface area is 81.7 Å². The lowest BCUT2D eigenvalue weighted by atomic mass is 9.98. The van der Waals surface area contributed by atoms with Gasteiger partial charge in [0.1, 0.15) is 0 Å². The van der Waals surface area contributed by atoms with Crippen LogP contribution in [0, 0.1) is 5.92 Å². The zero-order chi connectivity index (χ0) is 9.84. The lowest BCUT2D eigenvalue weighted by Crippen LogP contribution is -2.01. The minimum Gasteiger partial charge on any atom is -0.330 e. The Kier molecular flexibility index (Phi) is 3.73. The van der Waals surface area contributed by atoms with E-state index in [1.165, 1.54) is 18.4 Å². The molecule has 0 saturated heterocycles. The van der Waals surface area contributed by atoms with Crippen molar-refractivity contribution in [3.8, 4) is 0 Å². The van der Waals surface area contributed by atoms with Crippen LogP contribution in [-0.4, -0.2) is 6.54 Å². The SMILES string of the molecule is C=C(CCN)CCC(C)C1=C(C)C1.